The Bertz CT molecular complexity index is 702. The average Bonchev–Trinajstić information content (AvgIpc) is 2.47. The van der Waals surface area contributed by atoms with Crippen molar-refractivity contribution in [2.75, 3.05) is 5.32 Å². The van der Waals surface area contributed by atoms with Gasteiger partial charge in [-0.2, -0.15) is 0 Å². The molecule has 1 aromatic heterocycles. The zero-order valence-electron chi connectivity index (χ0n) is 10.5. The van der Waals surface area contributed by atoms with E-state index in [1.54, 1.807) is 12.1 Å². The Morgan fingerprint density at radius 2 is 1.95 bits per heavy atom. The second-order valence-corrected chi connectivity index (χ2v) is 4.86. The Balaban J connectivity index is 2.32. The van der Waals surface area contributed by atoms with Crippen LogP contribution in [0.25, 0.3) is 0 Å². The Morgan fingerprint density at radius 1 is 1.24 bits per heavy atom. The normalized spacial score (nSPS) is 11.2. The van der Waals surface area contributed by atoms with E-state index < -0.39 is 5.91 Å². The van der Waals surface area contributed by atoms with Gasteiger partial charge in [-0.1, -0.05) is 28.4 Å². The zero-order chi connectivity index (χ0) is 15.4. The van der Waals surface area contributed by atoms with E-state index in [1.165, 1.54) is 24.4 Å². The minimum Gasteiger partial charge on any atom is -0.409 e. The highest BCUT2D eigenvalue weighted by Gasteiger charge is 2.13. The number of carbonyl (C=O) groups is 1. The third kappa shape index (κ3) is 3.62. The number of halogens is 2. The quantitative estimate of drug-likeness (QED) is 0.349. The molecule has 1 amide bonds. The molecule has 108 valence electrons. The highest BCUT2D eigenvalue weighted by atomic mass is 35.5. The third-order valence-electron chi connectivity index (χ3n) is 2.57. The highest BCUT2D eigenvalue weighted by Crippen LogP contribution is 2.21. The van der Waals surface area contributed by atoms with Gasteiger partial charge in [0.25, 0.3) is 5.91 Å². The molecule has 0 bridgehead atoms. The van der Waals surface area contributed by atoms with Crippen LogP contribution >= 0.6 is 23.2 Å². The lowest BCUT2D eigenvalue weighted by molar-refractivity contribution is 0.102. The van der Waals surface area contributed by atoms with Crippen molar-refractivity contribution in [2.24, 2.45) is 10.9 Å². The van der Waals surface area contributed by atoms with Gasteiger partial charge >= 0.3 is 0 Å². The molecule has 4 N–H and O–H groups in total. The van der Waals surface area contributed by atoms with E-state index in [4.69, 9.17) is 34.1 Å². The molecule has 1 aromatic carbocycles. The van der Waals surface area contributed by atoms with Crippen molar-refractivity contribution in [1.82, 2.24) is 4.98 Å². The van der Waals surface area contributed by atoms with Crippen LogP contribution in [0.5, 0.6) is 0 Å². The summed E-state index contributed by atoms with van der Waals surface area (Å²) in [5.41, 5.74) is 6.37. The van der Waals surface area contributed by atoms with Gasteiger partial charge in [-0.25, -0.2) is 4.98 Å². The fourth-order valence-electron chi connectivity index (χ4n) is 1.59. The fraction of sp³-hybridized carbons (Fsp3) is 0. The van der Waals surface area contributed by atoms with Crippen LogP contribution in [0.15, 0.2) is 41.7 Å². The van der Waals surface area contributed by atoms with Crippen molar-refractivity contribution in [1.29, 1.82) is 0 Å². The van der Waals surface area contributed by atoms with Gasteiger partial charge in [-0.15, -0.1) is 0 Å². The highest BCUT2D eigenvalue weighted by molar-refractivity contribution is 6.31. The molecule has 0 unspecified atom stereocenters. The lowest BCUT2D eigenvalue weighted by Gasteiger charge is -2.10. The standard InChI is InChI=1S/C13H10Cl2N4O2/c14-7-1-3-9(12(16)19-21)11(5-7)18-13(20)10-4-2-8(15)6-17-10/h1-6,21H,(H2,16,19)(H,18,20). The zero-order valence-corrected chi connectivity index (χ0v) is 12.1. The van der Waals surface area contributed by atoms with Crippen molar-refractivity contribution in [3.8, 4) is 0 Å². The minimum absolute atomic E-state index is 0.147. The first kappa shape index (κ1) is 15.1. The summed E-state index contributed by atoms with van der Waals surface area (Å²) in [7, 11) is 0. The number of benzene rings is 1. The summed E-state index contributed by atoms with van der Waals surface area (Å²) in [6, 6.07) is 7.60. The Kier molecular flexibility index (Phi) is 4.62. The van der Waals surface area contributed by atoms with Crippen molar-refractivity contribution in [2.45, 2.75) is 0 Å². The number of hydrogen-bond acceptors (Lipinski definition) is 4. The molecule has 0 spiro atoms. The predicted molar refractivity (Wildman–Crippen MR) is 81.2 cm³/mol. The first-order chi connectivity index (χ1) is 10.0. The van der Waals surface area contributed by atoms with Crippen LogP contribution in [0.3, 0.4) is 0 Å². The first-order valence-corrected chi connectivity index (χ1v) is 6.47. The number of aromatic nitrogens is 1. The molecule has 0 aliphatic rings. The molecule has 0 aliphatic heterocycles. The summed E-state index contributed by atoms with van der Waals surface area (Å²) in [4.78, 5) is 16.0. The van der Waals surface area contributed by atoms with Crippen LogP contribution in [0.1, 0.15) is 16.1 Å². The second kappa shape index (κ2) is 6.43. The van der Waals surface area contributed by atoms with Crippen LogP contribution < -0.4 is 11.1 Å². The first-order valence-electron chi connectivity index (χ1n) is 5.71. The van der Waals surface area contributed by atoms with E-state index in [1.807, 2.05) is 0 Å². The van der Waals surface area contributed by atoms with Crippen LogP contribution in [-0.4, -0.2) is 21.9 Å². The van der Waals surface area contributed by atoms with Gasteiger partial charge < -0.3 is 16.3 Å². The van der Waals surface area contributed by atoms with Gasteiger partial charge in [0.15, 0.2) is 5.84 Å². The average molecular weight is 325 g/mol. The maximum absolute atomic E-state index is 12.1. The van der Waals surface area contributed by atoms with Crippen molar-refractivity contribution in [3.05, 3.63) is 57.8 Å². The van der Waals surface area contributed by atoms with Gasteiger partial charge in [0.05, 0.1) is 10.7 Å². The molecule has 21 heavy (non-hydrogen) atoms. The van der Waals surface area contributed by atoms with Gasteiger partial charge in [-0.3, -0.25) is 4.79 Å². The van der Waals surface area contributed by atoms with Crippen LogP contribution in [0, 0.1) is 0 Å². The molecule has 0 radical (unpaired) electrons. The van der Waals surface area contributed by atoms with Gasteiger partial charge in [0.2, 0.25) is 0 Å². The van der Waals surface area contributed by atoms with E-state index >= 15 is 0 Å². The SMILES string of the molecule is NC(=NO)c1ccc(Cl)cc1NC(=O)c1ccc(Cl)cn1. The number of rotatable bonds is 3. The molecule has 2 rings (SSSR count). The number of amidine groups is 1. The van der Waals surface area contributed by atoms with Gasteiger partial charge in [0, 0.05) is 16.8 Å². The molecule has 6 nitrogen and oxygen atoms in total. The smallest absolute Gasteiger partial charge is 0.274 e. The molecular formula is C13H10Cl2N4O2. The topological polar surface area (TPSA) is 101 Å². The van der Waals surface area contributed by atoms with E-state index in [0.29, 0.717) is 21.3 Å². The number of nitrogens with one attached hydrogen (secondary N) is 1. The number of carbonyl (C=O) groups excluding carboxylic acids is 1. The van der Waals surface area contributed by atoms with Gasteiger partial charge in [-0.05, 0) is 30.3 Å². The molecule has 8 heteroatoms. The molecule has 0 aliphatic carbocycles. The van der Waals surface area contributed by atoms with Crippen LogP contribution in [0.2, 0.25) is 10.0 Å². The Hall–Kier alpha value is -2.31. The number of oxime groups is 1. The lowest BCUT2D eigenvalue weighted by Crippen LogP contribution is -2.19. The summed E-state index contributed by atoms with van der Waals surface area (Å²) in [5, 5.41) is 15.1. The lowest BCUT2D eigenvalue weighted by atomic mass is 10.1. The number of pyridine rings is 1. The Labute approximate surface area is 130 Å². The van der Waals surface area contributed by atoms with Crippen molar-refractivity contribution < 1.29 is 10.0 Å². The number of amides is 1. The summed E-state index contributed by atoms with van der Waals surface area (Å²) < 4.78 is 0. The number of nitrogens with two attached hydrogens (primary N) is 1. The predicted octanol–water partition coefficient (Wildman–Crippen LogP) is 2.74. The van der Waals surface area contributed by atoms with E-state index in [9.17, 15) is 4.79 Å². The third-order valence-corrected chi connectivity index (χ3v) is 3.03. The summed E-state index contributed by atoms with van der Waals surface area (Å²) in [6.45, 7) is 0. The molecule has 2 aromatic rings. The number of hydrogen-bond donors (Lipinski definition) is 3. The minimum atomic E-state index is -0.471. The summed E-state index contributed by atoms with van der Waals surface area (Å²) >= 11 is 11.6. The second-order valence-electron chi connectivity index (χ2n) is 3.99. The molecule has 0 atom stereocenters. The number of nitrogens with zero attached hydrogens (tertiary/aromatic N) is 2. The fourth-order valence-corrected chi connectivity index (χ4v) is 1.88. The van der Waals surface area contributed by atoms with Crippen LogP contribution in [0.4, 0.5) is 5.69 Å². The van der Waals surface area contributed by atoms with Crippen LogP contribution in [-0.2, 0) is 0 Å². The molecule has 1 heterocycles. The molecule has 0 saturated heterocycles. The van der Waals surface area contributed by atoms with Crippen molar-refractivity contribution in [3.63, 3.8) is 0 Å². The van der Waals surface area contributed by atoms with E-state index in [0.717, 1.165) is 0 Å². The molecule has 0 fully saturated rings. The summed E-state index contributed by atoms with van der Waals surface area (Å²) in [6.07, 6.45) is 1.36. The monoisotopic (exact) mass is 324 g/mol. The molecular weight excluding hydrogens is 315 g/mol. The van der Waals surface area contributed by atoms with E-state index in [-0.39, 0.29) is 11.5 Å². The van der Waals surface area contributed by atoms with Crippen molar-refractivity contribution >= 4 is 40.6 Å². The maximum Gasteiger partial charge on any atom is 0.274 e. The maximum atomic E-state index is 12.1. The van der Waals surface area contributed by atoms with Gasteiger partial charge in [0.1, 0.15) is 5.69 Å². The number of anilines is 1. The van der Waals surface area contributed by atoms with E-state index in [2.05, 4.69) is 15.5 Å². The molecule has 0 saturated carbocycles. The summed E-state index contributed by atoms with van der Waals surface area (Å²) in [5.74, 6) is -0.619. The largest absolute Gasteiger partial charge is 0.409 e. The Morgan fingerprint density at radius 3 is 2.57 bits per heavy atom.